The fourth-order valence-electron chi connectivity index (χ4n) is 3.74. The van der Waals surface area contributed by atoms with Crippen molar-refractivity contribution in [2.75, 3.05) is 33.3 Å². The maximum Gasteiger partial charge on any atom is 0.275 e. The molecule has 0 aliphatic carbocycles. The molecular formula is C23H24N4O4. The predicted octanol–water partition coefficient (Wildman–Crippen LogP) is 1.32. The summed E-state index contributed by atoms with van der Waals surface area (Å²) in [6.45, 7) is 1.70. The number of rotatable bonds is 5. The van der Waals surface area contributed by atoms with Crippen LogP contribution in [0.15, 0.2) is 59.5 Å². The summed E-state index contributed by atoms with van der Waals surface area (Å²) in [7, 11) is 1.60. The normalized spacial score (nSPS) is 14.0. The average Bonchev–Trinajstić information content (AvgIpc) is 2.81. The minimum atomic E-state index is -0.279. The summed E-state index contributed by atoms with van der Waals surface area (Å²) in [4.78, 5) is 41.4. The van der Waals surface area contributed by atoms with E-state index in [0.717, 1.165) is 16.7 Å². The van der Waals surface area contributed by atoms with Crippen molar-refractivity contribution in [3.63, 3.8) is 0 Å². The third kappa shape index (κ3) is 4.58. The maximum atomic E-state index is 12.7. The highest BCUT2D eigenvalue weighted by Crippen LogP contribution is 2.14. The van der Waals surface area contributed by atoms with Gasteiger partial charge in [0.05, 0.1) is 25.1 Å². The van der Waals surface area contributed by atoms with E-state index in [1.54, 1.807) is 35.2 Å². The third-order valence-electron chi connectivity index (χ3n) is 5.52. The lowest BCUT2D eigenvalue weighted by Gasteiger charge is -2.35. The summed E-state index contributed by atoms with van der Waals surface area (Å²) >= 11 is 0. The van der Waals surface area contributed by atoms with Gasteiger partial charge in [0.15, 0.2) is 0 Å². The van der Waals surface area contributed by atoms with Crippen molar-refractivity contribution in [3.8, 4) is 5.75 Å². The summed E-state index contributed by atoms with van der Waals surface area (Å²) in [5.74, 6) is 0.566. The van der Waals surface area contributed by atoms with Crippen molar-refractivity contribution in [1.29, 1.82) is 0 Å². The largest absolute Gasteiger partial charge is 0.497 e. The van der Waals surface area contributed by atoms with Gasteiger partial charge in [-0.05, 0) is 23.8 Å². The second-order valence-corrected chi connectivity index (χ2v) is 7.48. The zero-order valence-electron chi connectivity index (χ0n) is 17.4. The molecule has 2 amide bonds. The van der Waals surface area contributed by atoms with Gasteiger partial charge in [-0.3, -0.25) is 14.4 Å². The Hall–Kier alpha value is -3.68. The summed E-state index contributed by atoms with van der Waals surface area (Å²) in [6, 6.07) is 14.6. The fraction of sp³-hybridized carbons (Fsp3) is 0.304. The highest BCUT2D eigenvalue weighted by Gasteiger charge is 2.24. The van der Waals surface area contributed by atoms with Crippen molar-refractivity contribution >= 4 is 22.6 Å². The number of piperazine rings is 1. The lowest BCUT2D eigenvalue weighted by Crippen LogP contribution is -2.52. The number of carbonyl (C=O) groups is 2. The van der Waals surface area contributed by atoms with E-state index in [1.807, 2.05) is 36.4 Å². The van der Waals surface area contributed by atoms with Gasteiger partial charge in [-0.2, -0.15) is 5.10 Å². The molecular weight excluding hydrogens is 396 g/mol. The standard InChI is InChI=1S/C23H24N4O4/c1-31-19-7-4-5-17(13-19)14-21(28)25-9-11-26(12-10-25)22(29)16-27-23(30)20-8-3-2-6-18(20)15-24-27/h2-8,13,15H,9-12,14,16H2,1H3. The highest BCUT2D eigenvalue weighted by atomic mass is 16.5. The molecule has 0 spiro atoms. The van der Waals surface area contributed by atoms with Crippen LogP contribution >= 0.6 is 0 Å². The Morgan fingerprint density at radius 3 is 2.42 bits per heavy atom. The average molecular weight is 420 g/mol. The van der Waals surface area contributed by atoms with E-state index in [-0.39, 0.29) is 23.9 Å². The zero-order chi connectivity index (χ0) is 21.8. The Bertz CT molecular complexity index is 1170. The van der Waals surface area contributed by atoms with E-state index in [2.05, 4.69) is 5.10 Å². The number of hydrogen-bond donors (Lipinski definition) is 0. The van der Waals surface area contributed by atoms with Gasteiger partial charge in [0.25, 0.3) is 5.56 Å². The SMILES string of the molecule is COc1cccc(CC(=O)N2CCN(C(=O)Cn3ncc4ccccc4c3=O)CC2)c1. The number of hydrogen-bond acceptors (Lipinski definition) is 5. The van der Waals surface area contributed by atoms with E-state index < -0.39 is 0 Å². The van der Waals surface area contributed by atoms with Crippen molar-refractivity contribution in [2.24, 2.45) is 0 Å². The molecule has 8 heteroatoms. The van der Waals surface area contributed by atoms with E-state index in [9.17, 15) is 14.4 Å². The number of benzene rings is 2. The minimum Gasteiger partial charge on any atom is -0.497 e. The zero-order valence-corrected chi connectivity index (χ0v) is 17.4. The van der Waals surface area contributed by atoms with Crippen molar-refractivity contribution in [2.45, 2.75) is 13.0 Å². The first-order valence-electron chi connectivity index (χ1n) is 10.2. The molecule has 2 aromatic carbocycles. The van der Waals surface area contributed by atoms with Gasteiger partial charge in [0.1, 0.15) is 12.3 Å². The van der Waals surface area contributed by atoms with Gasteiger partial charge in [-0.15, -0.1) is 0 Å². The van der Waals surface area contributed by atoms with E-state index in [4.69, 9.17) is 4.74 Å². The van der Waals surface area contributed by atoms with Gasteiger partial charge >= 0.3 is 0 Å². The molecule has 4 rings (SSSR count). The molecule has 0 bridgehead atoms. The van der Waals surface area contributed by atoms with E-state index in [0.29, 0.717) is 38.0 Å². The fourth-order valence-corrected chi connectivity index (χ4v) is 3.74. The Morgan fingerprint density at radius 1 is 0.968 bits per heavy atom. The second-order valence-electron chi connectivity index (χ2n) is 7.48. The molecule has 1 saturated heterocycles. The Balaban J connectivity index is 1.34. The molecule has 1 aromatic heterocycles. The monoisotopic (exact) mass is 420 g/mol. The smallest absolute Gasteiger partial charge is 0.275 e. The Labute approximate surface area is 179 Å². The second kappa shape index (κ2) is 8.99. The van der Waals surface area contributed by atoms with Gasteiger partial charge in [-0.25, -0.2) is 4.68 Å². The van der Waals surface area contributed by atoms with Crippen LogP contribution < -0.4 is 10.3 Å². The van der Waals surface area contributed by atoms with Crippen LogP contribution in [-0.2, 0) is 22.6 Å². The summed E-state index contributed by atoms with van der Waals surface area (Å²) in [6.07, 6.45) is 1.89. The molecule has 8 nitrogen and oxygen atoms in total. The van der Waals surface area contributed by atoms with Crippen LogP contribution in [0.1, 0.15) is 5.56 Å². The first-order valence-corrected chi connectivity index (χ1v) is 10.2. The number of carbonyl (C=O) groups excluding carboxylic acids is 2. The first kappa shape index (κ1) is 20.6. The van der Waals surface area contributed by atoms with Gasteiger partial charge in [-0.1, -0.05) is 30.3 Å². The van der Waals surface area contributed by atoms with Crippen LogP contribution in [0.4, 0.5) is 0 Å². The minimum absolute atomic E-state index is 0.0211. The Morgan fingerprint density at radius 2 is 1.68 bits per heavy atom. The summed E-state index contributed by atoms with van der Waals surface area (Å²) in [5.41, 5.74) is 0.614. The molecule has 0 N–H and O–H groups in total. The molecule has 2 heterocycles. The van der Waals surface area contributed by atoms with E-state index in [1.165, 1.54) is 4.68 Å². The number of amides is 2. The van der Waals surface area contributed by atoms with Crippen LogP contribution in [0.2, 0.25) is 0 Å². The lowest BCUT2D eigenvalue weighted by molar-refractivity contribution is -0.139. The predicted molar refractivity (Wildman–Crippen MR) is 116 cm³/mol. The van der Waals surface area contributed by atoms with Crippen LogP contribution in [-0.4, -0.2) is 64.7 Å². The topological polar surface area (TPSA) is 84.7 Å². The lowest BCUT2D eigenvalue weighted by atomic mass is 10.1. The summed E-state index contributed by atoms with van der Waals surface area (Å²) < 4.78 is 6.40. The molecule has 1 aliphatic rings. The highest BCUT2D eigenvalue weighted by molar-refractivity contribution is 5.82. The first-order chi connectivity index (χ1) is 15.0. The molecule has 160 valence electrons. The quantitative estimate of drug-likeness (QED) is 0.622. The number of fused-ring (bicyclic) bond motifs is 1. The van der Waals surface area contributed by atoms with Crippen molar-refractivity contribution < 1.29 is 14.3 Å². The number of nitrogens with zero attached hydrogens (tertiary/aromatic N) is 4. The van der Waals surface area contributed by atoms with E-state index >= 15 is 0 Å². The molecule has 0 saturated carbocycles. The number of aromatic nitrogens is 2. The van der Waals surface area contributed by atoms with Crippen LogP contribution in [0.5, 0.6) is 5.75 Å². The van der Waals surface area contributed by atoms with Crippen molar-refractivity contribution in [3.05, 3.63) is 70.6 Å². The Kier molecular flexibility index (Phi) is 5.97. The van der Waals surface area contributed by atoms with Crippen LogP contribution in [0.3, 0.4) is 0 Å². The molecule has 1 fully saturated rings. The summed E-state index contributed by atoms with van der Waals surface area (Å²) in [5, 5.41) is 5.42. The van der Waals surface area contributed by atoms with Gasteiger partial charge in [0.2, 0.25) is 11.8 Å². The molecule has 31 heavy (non-hydrogen) atoms. The van der Waals surface area contributed by atoms with Crippen LogP contribution in [0.25, 0.3) is 10.8 Å². The molecule has 0 atom stereocenters. The number of methoxy groups -OCH3 is 1. The number of ether oxygens (including phenoxy) is 1. The van der Waals surface area contributed by atoms with Gasteiger partial charge in [0, 0.05) is 31.6 Å². The molecule has 0 unspecified atom stereocenters. The maximum absolute atomic E-state index is 12.7. The molecule has 1 aliphatic heterocycles. The third-order valence-corrected chi connectivity index (χ3v) is 5.52. The van der Waals surface area contributed by atoms with Crippen molar-refractivity contribution in [1.82, 2.24) is 19.6 Å². The molecule has 3 aromatic rings. The van der Waals surface area contributed by atoms with Crippen LogP contribution in [0, 0.1) is 0 Å². The van der Waals surface area contributed by atoms with Gasteiger partial charge < -0.3 is 14.5 Å². The molecule has 0 radical (unpaired) electrons.